The van der Waals surface area contributed by atoms with Crippen molar-refractivity contribution in [3.63, 3.8) is 0 Å². The average Bonchev–Trinajstić information content (AvgIpc) is 2.35. The molecule has 3 rings (SSSR count). The predicted octanol–water partition coefficient (Wildman–Crippen LogP) is 3.74. The van der Waals surface area contributed by atoms with Gasteiger partial charge in [-0.05, 0) is 36.5 Å². The third kappa shape index (κ3) is 2.92. The van der Waals surface area contributed by atoms with Crippen LogP contribution in [0.15, 0.2) is 18.2 Å². The minimum absolute atomic E-state index is 0.473. The summed E-state index contributed by atoms with van der Waals surface area (Å²) in [6.07, 6.45) is 4.01. The van der Waals surface area contributed by atoms with Gasteiger partial charge in [0, 0.05) is 42.3 Å². The van der Waals surface area contributed by atoms with E-state index < -0.39 is 0 Å². The van der Waals surface area contributed by atoms with Gasteiger partial charge in [0.05, 0.1) is 0 Å². The zero-order valence-electron chi connectivity index (χ0n) is 11.0. The highest BCUT2D eigenvalue weighted by atomic mass is 35.5. The molecule has 1 aliphatic carbocycles. The summed E-state index contributed by atoms with van der Waals surface area (Å²) in [6.45, 7) is 4.38. The van der Waals surface area contributed by atoms with Gasteiger partial charge in [0.15, 0.2) is 0 Å². The number of piperazine rings is 1. The first kappa shape index (κ1) is 13.7. The van der Waals surface area contributed by atoms with Gasteiger partial charge < -0.3 is 5.32 Å². The second kappa shape index (κ2) is 6.01. The Morgan fingerprint density at radius 1 is 1.16 bits per heavy atom. The van der Waals surface area contributed by atoms with Crippen LogP contribution in [-0.2, 0) is 0 Å². The van der Waals surface area contributed by atoms with Gasteiger partial charge in [0.2, 0.25) is 0 Å². The van der Waals surface area contributed by atoms with E-state index in [4.69, 9.17) is 23.2 Å². The van der Waals surface area contributed by atoms with E-state index >= 15 is 0 Å². The van der Waals surface area contributed by atoms with Crippen molar-refractivity contribution >= 4 is 23.2 Å². The standard InChI is InChI=1S/C15H20Cl2N2/c16-12-4-5-13(14(17)10-12)15(11-2-1-3-11)19-8-6-18-7-9-19/h4-5,10-11,15,18H,1-3,6-9H2/t15-/m1/s1. The van der Waals surface area contributed by atoms with E-state index in [1.165, 1.54) is 24.8 Å². The molecule has 1 saturated heterocycles. The van der Waals surface area contributed by atoms with Crippen LogP contribution in [0.5, 0.6) is 0 Å². The lowest BCUT2D eigenvalue weighted by Gasteiger charge is -2.43. The summed E-state index contributed by atoms with van der Waals surface area (Å²) in [5.74, 6) is 0.761. The maximum atomic E-state index is 6.44. The molecule has 104 valence electrons. The Morgan fingerprint density at radius 3 is 2.47 bits per heavy atom. The highest BCUT2D eigenvalue weighted by Crippen LogP contribution is 2.43. The fourth-order valence-corrected chi connectivity index (χ4v) is 3.73. The van der Waals surface area contributed by atoms with Crippen LogP contribution in [0.1, 0.15) is 30.9 Å². The minimum atomic E-state index is 0.473. The van der Waals surface area contributed by atoms with Crippen LogP contribution < -0.4 is 5.32 Å². The van der Waals surface area contributed by atoms with Gasteiger partial charge in [0.25, 0.3) is 0 Å². The molecule has 19 heavy (non-hydrogen) atoms. The number of halogens is 2. The van der Waals surface area contributed by atoms with Crippen LogP contribution >= 0.6 is 23.2 Å². The molecule has 0 radical (unpaired) electrons. The first-order valence-electron chi connectivity index (χ1n) is 7.15. The Kier molecular flexibility index (Phi) is 4.33. The zero-order chi connectivity index (χ0) is 13.2. The lowest BCUT2D eigenvalue weighted by atomic mass is 9.76. The van der Waals surface area contributed by atoms with Crippen molar-refractivity contribution in [2.75, 3.05) is 26.2 Å². The van der Waals surface area contributed by atoms with Gasteiger partial charge in [-0.2, -0.15) is 0 Å². The fourth-order valence-electron chi connectivity index (χ4n) is 3.21. The second-order valence-electron chi connectivity index (χ2n) is 5.59. The molecule has 0 bridgehead atoms. The van der Waals surface area contributed by atoms with Crippen molar-refractivity contribution in [1.29, 1.82) is 0 Å². The Balaban J connectivity index is 1.88. The van der Waals surface area contributed by atoms with Crippen molar-refractivity contribution in [3.8, 4) is 0 Å². The number of rotatable bonds is 3. The van der Waals surface area contributed by atoms with Gasteiger partial charge in [-0.25, -0.2) is 0 Å². The van der Waals surface area contributed by atoms with Gasteiger partial charge in [-0.3, -0.25) is 4.90 Å². The molecule has 4 heteroatoms. The number of nitrogens with zero attached hydrogens (tertiary/aromatic N) is 1. The third-order valence-corrected chi connectivity index (χ3v) is 4.98. The third-order valence-electron chi connectivity index (χ3n) is 4.42. The van der Waals surface area contributed by atoms with Crippen molar-refractivity contribution < 1.29 is 0 Å². The molecular formula is C15H20Cl2N2. The maximum Gasteiger partial charge on any atom is 0.0468 e. The molecular weight excluding hydrogens is 279 g/mol. The second-order valence-corrected chi connectivity index (χ2v) is 6.43. The van der Waals surface area contributed by atoms with Crippen LogP contribution in [0.3, 0.4) is 0 Å². The summed E-state index contributed by atoms with van der Waals surface area (Å²) >= 11 is 12.5. The smallest absolute Gasteiger partial charge is 0.0468 e. The van der Waals surface area contributed by atoms with Crippen LogP contribution in [0.2, 0.25) is 10.0 Å². The number of hydrogen-bond acceptors (Lipinski definition) is 2. The summed E-state index contributed by atoms with van der Waals surface area (Å²) in [7, 11) is 0. The molecule has 2 nitrogen and oxygen atoms in total. The van der Waals surface area contributed by atoms with E-state index in [2.05, 4.69) is 16.3 Å². The molecule has 1 atom stereocenters. The van der Waals surface area contributed by atoms with Crippen molar-refractivity contribution in [2.45, 2.75) is 25.3 Å². The molecule has 0 spiro atoms. The van der Waals surface area contributed by atoms with E-state index in [1.54, 1.807) is 0 Å². The molecule has 1 heterocycles. The topological polar surface area (TPSA) is 15.3 Å². The van der Waals surface area contributed by atoms with Gasteiger partial charge in [-0.1, -0.05) is 35.7 Å². The highest BCUT2D eigenvalue weighted by Gasteiger charge is 2.34. The van der Waals surface area contributed by atoms with Crippen LogP contribution in [0, 0.1) is 5.92 Å². The molecule has 1 N–H and O–H groups in total. The molecule has 0 unspecified atom stereocenters. The van der Waals surface area contributed by atoms with Crippen molar-refractivity contribution in [3.05, 3.63) is 33.8 Å². The normalized spacial score (nSPS) is 23.1. The Hall–Kier alpha value is -0.280. The molecule has 0 aromatic heterocycles. The Bertz CT molecular complexity index is 440. The quantitative estimate of drug-likeness (QED) is 0.914. The van der Waals surface area contributed by atoms with Crippen LogP contribution in [-0.4, -0.2) is 31.1 Å². The molecule has 0 amide bonds. The molecule has 2 fully saturated rings. The lowest BCUT2D eigenvalue weighted by Crippen LogP contribution is -2.47. The van der Waals surface area contributed by atoms with E-state index in [-0.39, 0.29) is 0 Å². The van der Waals surface area contributed by atoms with E-state index in [1.807, 2.05) is 12.1 Å². The largest absolute Gasteiger partial charge is 0.314 e. The monoisotopic (exact) mass is 298 g/mol. The average molecular weight is 299 g/mol. The van der Waals surface area contributed by atoms with E-state index in [0.29, 0.717) is 6.04 Å². The summed E-state index contributed by atoms with van der Waals surface area (Å²) in [5.41, 5.74) is 1.26. The van der Waals surface area contributed by atoms with Gasteiger partial charge >= 0.3 is 0 Å². The minimum Gasteiger partial charge on any atom is -0.314 e. The molecule has 1 aliphatic heterocycles. The van der Waals surface area contributed by atoms with Crippen molar-refractivity contribution in [2.24, 2.45) is 5.92 Å². The van der Waals surface area contributed by atoms with Gasteiger partial charge in [-0.15, -0.1) is 0 Å². The molecule has 1 aromatic carbocycles. The number of benzene rings is 1. The maximum absolute atomic E-state index is 6.44. The Morgan fingerprint density at radius 2 is 1.89 bits per heavy atom. The van der Waals surface area contributed by atoms with Gasteiger partial charge in [0.1, 0.15) is 0 Å². The van der Waals surface area contributed by atoms with E-state index in [9.17, 15) is 0 Å². The summed E-state index contributed by atoms with van der Waals surface area (Å²) in [4.78, 5) is 2.59. The molecule has 2 aliphatic rings. The summed E-state index contributed by atoms with van der Waals surface area (Å²) in [6, 6.07) is 6.44. The predicted molar refractivity (Wildman–Crippen MR) is 81.0 cm³/mol. The zero-order valence-corrected chi connectivity index (χ0v) is 12.6. The fraction of sp³-hybridized carbons (Fsp3) is 0.600. The number of nitrogens with one attached hydrogen (secondary N) is 1. The Labute approximate surface area is 125 Å². The summed E-state index contributed by atoms with van der Waals surface area (Å²) < 4.78 is 0. The van der Waals surface area contributed by atoms with Crippen molar-refractivity contribution in [1.82, 2.24) is 10.2 Å². The lowest BCUT2D eigenvalue weighted by molar-refractivity contribution is 0.0838. The van der Waals surface area contributed by atoms with Crippen LogP contribution in [0.4, 0.5) is 0 Å². The highest BCUT2D eigenvalue weighted by molar-refractivity contribution is 6.35. The SMILES string of the molecule is Clc1ccc([C@@H](C2CCC2)N2CCNCC2)c(Cl)c1. The summed E-state index contributed by atoms with van der Waals surface area (Å²) in [5, 5.41) is 4.97. The number of hydrogen-bond donors (Lipinski definition) is 1. The van der Waals surface area contributed by atoms with E-state index in [0.717, 1.165) is 42.1 Å². The first-order chi connectivity index (χ1) is 9.25. The van der Waals surface area contributed by atoms with Crippen LogP contribution in [0.25, 0.3) is 0 Å². The molecule has 1 saturated carbocycles. The first-order valence-corrected chi connectivity index (χ1v) is 7.91. The molecule has 1 aromatic rings.